The molecule has 5 heteroatoms. The first-order valence-corrected chi connectivity index (χ1v) is 7.72. The number of thioether (sulfide) groups is 1. The third kappa shape index (κ3) is 4.08. The average molecular weight is 304 g/mol. The smallest absolute Gasteiger partial charge is 0.233 e. The van der Waals surface area contributed by atoms with E-state index in [9.17, 15) is 4.79 Å². The van der Waals surface area contributed by atoms with E-state index in [1.807, 2.05) is 19.1 Å². The van der Waals surface area contributed by atoms with Crippen LogP contribution in [0.25, 0.3) is 0 Å². The summed E-state index contributed by atoms with van der Waals surface area (Å²) in [6.07, 6.45) is 2.24. The molecule has 0 bridgehead atoms. The van der Waals surface area contributed by atoms with E-state index in [0.29, 0.717) is 16.1 Å². The van der Waals surface area contributed by atoms with Crippen LogP contribution in [0.3, 0.4) is 0 Å². The quantitative estimate of drug-likeness (QED) is 0.894. The fraction of sp³-hybridized carbons (Fsp3) is 0.462. The molecular weight excluding hydrogens is 289 g/mol. The van der Waals surface area contributed by atoms with Crippen molar-refractivity contribution >= 4 is 40.9 Å². The van der Waals surface area contributed by atoms with E-state index >= 15 is 0 Å². The molecule has 18 heavy (non-hydrogen) atoms. The Morgan fingerprint density at radius 1 is 1.44 bits per heavy atom. The molecule has 2 nitrogen and oxygen atoms in total. The molecule has 1 saturated carbocycles. The monoisotopic (exact) mass is 303 g/mol. The largest absolute Gasteiger partial charge is 0.352 e. The minimum atomic E-state index is -0.0416. The third-order valence-corrected chi connectivity index (χ3v) is 4.73. The number of benzene rings is 1. The van der Waals surface area contributed by atoms with Crippen LogP contribution in [0.5, 0.6) is 0 Å². The lowest BCUT2D eigenvalue weighted by atomic mass is 10.2. The van der Waals surface area contributed by atoms with Crippen molar-refractivity contribution in [2.75, 3.05) is 0 Å². The summed E-state index contributed by atoms with van der Waals surface area (Å²) in [5.41, 5.74) is 1.08. The first-order valence-electron chi connectivity index (χ1n) is 5.92. The van der Waals surface area contributed by atoms with Crippen molar-refractivity contribution in [2.24, 2.45) is 0 Å². The standard InChI is InChI=1S/C13H15Cl2NOS/c1-8(13(17)16-10-3-4-10)18-7-9-2-5-11(14)12(15)6-9/h2,5-6,8,10H,3-4,7H2,1H3,(H,16,17)/t8-/m1/s1. The second kappa shape index (κ2) is 6.18. The lowest BCUT2D eigenvalue weighted by Gasteiger charge is -2.11. The molecule has 1 aromatic rings. The summed E-state index contributed by atoms with van der Waals surface area (Å²) in [7, 11) is 0. The van der Waals surface area contributed by atoms with Crippen molar-refractivity contribution in [1.82, 2.24) is 5.32 Å². The molecule has 0 spiro atoms. The van der Waals surface area contributed by atoms with Gasteiger partial charge in [0.15, 0.2) is 0 Å². The molecule has 0 radical (unpaired) electrons. The van der Waals surface area contributed by atoms with Crippen molar-refractivity contribution < 1.29 is 4.79 Å². The molecule has 1 aliphatic rings. The maximum absolute atomic E-state index is 11.8. The number of hydrogen-bond acceptors (Lipinski definition) is 2. The third-order valence-electron chi connectivity index (χ3n) is 2.78. The molecule has 1 fully saturated rings. The molecule has 1 aliphatic carbocycles. The molecule has 0 saturated heterocycles. The molecule has 0 unspecified atom stereocenters. The highest BCUT2D eigenvalue weighted by Gasteiger charge is 2.25. The van der Waals surface area contributed by atoms with Crippen LogP contribution in [-0.2, 0) is 10.5 Å². The average Bonchev–Trinajstić information content (AvgIpc) is 3.14. The molecule has 1 atom stereocenters. The minimum Gasteiger partial charge on any atom is -0.352 e. The van der Waals surface area contributed by atoms with Crippen LogP contribution in [0.4, 0.5) is 0 Å². The highest BCUT2D eigenvalue weighted by Crippen LogP contribution is 2.26. The van der Waals surface area contributed by atoms with E-state index in [4.69, 9.17) is 23.2 Å². The summed E-state index contributed by atoms with van der Waals surface area (Å²) in [5, 5.41) is 4.08. The number of carbonyl (C=O) groups excluding carboxylic acids is 1. The molecule has 98 valence electrons. The Kier molecular flexibility index (Phi) is 4.82. The molecule has 2 rings (SSSR count). The van der Waals surface area contributed by atoms with Gasteiger partial charge in [-0.2, -0.15) is 0 Å². The number of amides is 1. The number of hydrogen-bond donors (Lipinski definition) is 1. The second-order valence-electron chi connectivity index (χ2n) is 4.48. The zero-order valence-corrected chi connectivity index (χ0v) is 12.4. The lowest BCUT2D eigenvalue weighted by Crippen LogP contribution is -2.32. The van der Waals surface area contributed by atoms with Gasteiger partial charge in [0.2, 0.25) is 5.91 Å². The summed E-state index contributed by atoms with van der Waals surface area (Å²) in [6, 6.07) is 6.00. The molecule has 0 aromatic heterocycles. The van der Waals surface area contributed by atoms with Crippen LogP contribution >= 0.6 is 35.0 Å². The van der Waals surface area contributed by atoms with Gasteiger partial charge in [0, 0.05) is 11.8 Å². The highest BCUT2D eigenvalue weighted by atomic mass is 35.5. The zero-order chi connectivity index (χ0) is 13.1. The van der Waals surface area contributed by atoms with Crippen LogP contribution in [0, 0.1) is 0 Å². The lowest BCUT2D eigenvalue weighted by molar-refractivity contribution is -0.120. The number of carbonyl (C=O) groups is 1. The van der Waals surface area contributed by atoms with E-state index in [-0.39, 0.29) is 11.2 Å². The molecule has 0 heterocycles. The maximum atomic E-state index is 11.8. The second-order valence-corrected chi connectivity index (χ2v) is 6.63. The Labute approximate surface area is 121 Å². The Morgan fingerprint density at radius 2 is 2.17 bits per heavy atom. The molecule has 1 aromatic carbocycles. The van der Waals surface area contributed by atoms with Gasteiger partial charge in [-0.3, -0.25) is 4.79 Å². The summed E-state index contributed by atoms with van der Waals surface area (Å²) < 4.78 is 0. The Balaban J connectivity index is 1.82. The maximum Gasteiger partial charge on any atom is 0.233 e. The van der Waals surface area contributed by atoms with Gasteiger partial charge < -0.3 is 5.32 Å². The van der Waals surface area contributed by atoms with E-state index in [0.717, 1.165) is 24.2 Å². The first kappa shape index (κ1) is 14.0. The van der Waals surface area contributed by atoms with Crippen molar-refractivity contribution in [3.8, 4) is 0 Å². The first-order chi connectivity index (χ1) is 8.56. The van der Waals surface area contributed by atoms with E-state index in [1.165, 1.54) is 0 Å². The van der Waals surface area contributed by atoms with Crippen molar-refractivity contribution in [2.45, 2.75) is 36.8 Å². The van der Waals surface area contributed by atoms with Gasteiger partial charge in [-0.15, -0.1) is 11.8 Å². The van der Waals surface area contributed by atoms with Gasteiger partial charge in [-0.25, -0.2) is 0 Å². The van der Waals surface area contributed by atoms with E-state index in [1.54, 1.807) is 17.8 Å². The van der Waals surface area contributed by atoms with Crippen molar-refractivity contribution in [3.05, 3.63) is 33.8 Å². The Hall–Kier alpha value is -0.380. The van der Waals surface area contributed by atoms with Crippen LogP contribution in [-0.4, -0.2) is 17.2 Å². The van der Waals surface area contributed by atoms with E-state index < -0.39 is 0 Å². The predicted octanol–water partition coefficient (Wildman–Crippen LogP) is 3.89. The summed E-state index contributed by atoms with van der Waals surface area (Å²) in [6.45, 7) is 1.93. The summed E-state index contributed by atoms with van der Waals surface area (Å²) in [4.78, 5) is 11.8. The Morgan fingerprint density at radius 3 is 2.78 bits per heavy atom. The van der Waals surface area contributed by atoms with Crippen LogP contribution < -0.4 is 5.32 Å². The van der Waals surface area contributed by atoms with Crippen molar-refractivity contribution in [1.29, 1.82) is 0 Å². The highest BCUT2D eigenvalue weighted by molar-refractivity contribution is 7.99. The van der Waals surface area contributed by atoms with Crippen LogP contribution in [0.1, 0.15) is 25.3 Å². The van der Waals surface area contributed by atoms with Gasteiger partial charge in [0.25, 0.3) is 0 Å². The van der Waals surface area contributed by atoms with Gasteiger partial charge in [-0.1, -0.05) is 29.3 Å². The fourth-order valence-electron chi connectivity index (χ4n) is 1.47. The summed E-state index contributed by atoms with van der Waals surface area (Å²) >= 11 is 13.4. The van der Waals surface area contributed by atoms with Crippen molar-refractivity contribution in [3.63, 3.8) is 0 Å². The van der Waals surface area contributed by atoms with Gasteiger partial charge in [0.05, 0.1) is 15.3 Å². The van der Waals surface area contributed by atoms with Crippen LogP contribution in [0.2, 0.25) is 10.0 Å². The predicted molar refractivity (Wildman–Crippen MR) is 78.4 cm³/mol. The van der Waals surface area contributed by atoms with E-state index in [2.05, 4.69) is 5.32 Å². The SMILES string of the molecule is C[C@@H](SCc1ccc(Cl)c(Cl)c1)C(=O)NC1CC1. The number of rotatable bonds is 5. The van der Waals surface area contributed by atoms with Gasteiger partial charge in [-0.05, 0) is 37.5 Å². The van der Waals surface area contributed by atoms with Gasteiger partial charge >= 0.3 is 0 Å². The number of halogens is 2. The molecule has 1 N–H and O–H groups in total. The normalized spacial score (nSPS) is 16.4. The topological polar surface area (TPSA) is 29.1 Å². The molecule has 1 amide bonds. The molecule has 0 aliphatic heterocycles. The summed E-state index contributed by atoms with van der Waals surface area (Å²) in [5.74, 6) is 0.887. The zero-order valence-electron chi connectivity index (χ0n) is 10.1. The fourth-order valence-corrected chi connectivity index (χ4v) is 2.63. The molecular formula is C13H15Cl2NOS. The number of nitrogens with one attached hydrogen (secondary N) is 1. The Bertz CT molecular complexity index is 449. The van der Waals surface area contributed by atoms with Crippen LogP contribution in [0.15, 0.2) is 18.2 Å². The minimum absolute atomic E-state index is 0.0416. The van der Waals surface area contributed by atoms with Gasteiger partial charge in [0.1, 0.15) is 0 Å².